The average Bonchev–Trinajstić information content (AvgIpc) is 3.25. The van der Waals surface area contributed by atoms with Crippen molar-refractivity contribution in [3.8, 4) is 11.5 Å². The zero-order chi connectivity index (χ0) is 19.7. The van der Waals surface area contributed by atoms with Crippen LogP contribution in [0.1, 0.15) is 12.0 Å². The molecule has 7 nitrogen and oxygen atoms in total. The van der Waals surface area contributed by atoms with Gasteiger partial charge in [-0.1, -0.05) is 17.7 Å². The first kappa shape index (κ1) is 18.4. The van der Waals surface area contributed by atoms with Gasteiger partial charge in [-0.05, 0) is 31.2 Å². The van der Waals surface area contributed by atoms with Gasteiger partial charge in [-0.3, -0.25) is 14.4 Å². The number of carbonyl (C=O) groups excluding carboxylic acids is 3. The van der Waals surface area contributed by atoms with Crippen LogP contribution in [-0.4, -0.2) is 35.5 Å². The number of nitrogens with one attached hydrogen (secondary N) is 1. The predicted molar refractivity (Wildman–Crippen MR) is 106 cm³/mol. The van der Waals surface area contributed by atoms with Crippen molar-refractivity contribution in [1.82, 2.24) is 0 Å². The lowest BCUT2D eigenvalue weighted by Crippen LogP contribution is -2.31. The van der Waals surface area contributed by atoms with E-state index >= 15 is 0 Å². The molecule has 1 fully saturated rings. The highest BCUT2D eigenvalue weighted by Crippen LogP contribution is 2.38. The monoisotopic (exact) mass is 398 g/mol. The summed E-state index contributed by atoms with van der Waals surface area (Å²) in [6.07, 6.45) is 0.0652. The molecule has 28 heavy (non-hydrogen) atoms. The first-order chi connectivity index (χ1) is 13.5. The number of anilines is 2. The first-order valence-corrected chi connectivity index (χ1v) is 9.81. The van der Waals surface area contributed by atoms with Crippen molar-refractivity contribution >= 4 is 40.9 Å². The second kappa shape index (κ2) is 7.55. The molecule has 8 heteroatoms. The third-order valence-electron chi connectivity index (χ3n) is 4.47. The van der Waals surface area contributed by atoms with Crippen LogP contribution in [0.2, 0.25) is 0 Å². The number of carbonyl (C=O) groups is 3. The number of thioether (sulfide) groups is 1. The molecule has 4 rings (SSSR count). The Labute approximate surface area is 166 Å². The predicted octanol–water partition coefficient (Wildman–Crippen LogP) is 2.73. The van der Waals surface area contributed by atoms with Gasteiger partial charge >= 0.3 is 0 Å². The molecule has 1 atom stereocenters. The Morgan fingerprint density at radius 1 is 1.14 bits per heavy atom. The van der Waals surface area contributed by atoms with Gasteiger partial charge in [0, 0.05) is 18.2 Å². The summed E-state index contributed by atoms with van der Waals surface area (Å²) >= 11 is 1.17. The molecule has 1 N–H and O–H groups in total. The Hall–Kier alpha value is -3.00. The first-order valence-electron chi connectivity index (χ1n) is 8.76. The number of aryl methyl sites for hydroxylation is 1. The van der Waals surface area contributed by atoms with E-state index in [4.69, 9.17) is 9.47 Å². The molecule has 1 saturated heterocycles. The summed E-state index contributed by atoms with van der Waals surface area (Å²) in [7, 11) is 0. The summed E-state index contributed by atoms with van der Waals surface area (Å²) in [5.74, 6) is 0.355. The van der Waals surface area contributed by atoms with Gasteiger partial charge in [0.05, 0.1) is 16.7 Å². The Morgan fingerprint density at radius 3 is 2.68 bits per heavy atom. The van der Waals surface area contributed by atoms with Crippen molar-refractivity contribution in [2.45, 2.75) is 18.6 Å². The minimum atomic E-state index is -0.582. The van der Waals surface area contributed by atoms with Crippen LogP contribution >= 0.6 is 11.8 Å². The zero-order valence-electron chi connectivity index (χ0n) is 15.1. The molecule has 1 unspecified atom stereocenters. The van der Waals surface area contributed by atoms with Gasteiger partial charge in [0.15, 0.2) is 11.5 Å². The van der Waals surface area contributed by atoms with Gasteiger partial charge in [-0.25, -0.2) is 4.90 Å². The van der Waals surface area contributed by atoms with E-state index in [1.54, 1.807) is 18.2 Å². The molecular weight excluding hydrogens is 380 g/mol. The Morgan fingerprint density at radius 2 is 1.89 bits per heavy atom. The number of rotatable bonds is 5. The molecule has 2 aromatic rings. The standard InChI is InChI=1S/C20H18N2O5S/c1-12-2-4-13(5-3-12)21-18(23)10-28-17-9-19(24)22(20(17)25)14-6-7-15-16(8-14)27-11-26-15/h2-8,17H,9-11H2,1H3,(H,21,23). The fraction of sp³-hybridized carbons (Fsp3) is 0.250. The lowest BCUT2D eigenvalue weighted by atomic mass is 10.2. The zero-order valence-corrected chi connectivity index (χ0v) is 16.0. The number of ether oxygens (including phenoxy) is 2. The van der Waals surface area contributed by atoms with Crippen molar-refractivity contribution in [3.05, 3.63) is 48.0 Å². The van der Waals surface area contributed by atoms with Crippen LogP contribution in [0.3, 0.4) is 0 Å². The van der Waals surface area contributed by atoms with Crippen LogP contribution in [0.5, 0.6) is 11.5 Å². The normalized spacial score (nSPS) is 17.9. The summed E-state index contributed by atoms with van der Waals surface area (Å²) in [5, 5.41) is 2.21. The minimum Gasteiger partial charge on any atom is -0.454 e. The van der Waals surface area contributed by atoms with Crippen molar-refractivity contribution in [2.75, 3.05) is 22.8 Å². The number of nitrogens with zero attached hydrogens (tertiary/aromatic N) is 1. The molecule has 0 bridgehead atoms. The number of benzene rings is 2. The van der Waals surface area contributed by atoms with Crippen LogP contribution in [0.4, 0.5) is 11.4 Å². The van der Waals surface area contributed by atoms with Crippen molar-refractivity contribution in [3.63, 3.8) is 0 Å². The lowest BCUT2D eigenvalue weighted by molar-refractivity contribution is -0.121. The third-order valence-corrected chi connectivity index (χ3v) is 5.67. The maximum absolute atomic E-state index is 12.7. The van der Waals surface area contributed by atoms with E-state index in [-0.39, 0.29) is 36.7 Å². The SMILES string of the molecule is Cc1ccc(NC(=O)CSC2CC(=O)N(c3ccc4c(c3)OCO4)C2=O)cc1. The van der Waals surface area contributed by atoms with Crippen LogP contribution in [0, 0.1) is 6.92 Å². The number of hydrogen-bond donors (Lipinski definition) is 1. The third kappa shape index (κ3) is 3.68. The Balaban J connectivity index is 1.37. The highest BCUT2D eigenvalue weighted by molar-refractivity contribution is 8.01. The highest BCUT2D eigenvalue weighted by atomic mass is 32.2. The number of hydrogen-bond acceptors (Lipinski definition) is 6. The minimum absolute atomic E-state index is 0.0652. The van der Waals surface area contributed by atoms with Gasteiger partial charge in [-0.15, -0.1) is 11.8 Å². The molecule has 0 aromatic heterocycles. The van der Waals surface area contributed by atoms with Crippen LogP contribution in [0.15, 0.2) is 42.5 Å². The van der Waals surface area contributed by atoms with Gasteiger partial charge in [0.25, 0.3) is 0 Å². The summed E-state index contributed by atoms with van der Waals surface area (Å²) in [4.78, 5) is 38.4. The number of fused-ring (bicyclic) bond motifs is 1. The van der Waals surface area contributed by atoms with E-state index in [1.165, 1.54) is 11.8 Å². The lowest BCUT2D eigenvalue weighted by Gasteiger charge is -2.15. The molecular formula is C20H18N2O5S. The Bertz CT molecular complexity index is 944. The van der Waals surface area contributed by atoms with E-state index < -0.39 is 5.25 Å². The summed E-state index contributed by atoms with van der Waals surface area (Å²) < 4.78 is 10.6. The highest BCUT2D eigenvalue weighted by Gasteiger charge is 2.40. The molecule has 0 saturated carbocycles. The number of imide groups is 1. The largest absolute Gasteiger partial charge is 0.454 e. The Kier molecular flexibility index (Phi) is 4.95. The topological polar surface area (TPSA) is 84.9 Å². The molecule has 0 radical (unpaired) electrons. The molecule has 0 spiro atoms. The van der Waals surface area contributed by atoms with Crippen LogP contribution in [0.25, 0.3) is 0 Å². The van der Waals surface area contributed by atoms with Gasteiger partial charge < -0.3 is 14.8 Å². The van der Waals surface area contributed by atoms with E-state index in [0.717, 1.165) is 10.5 Å². The van der Waals surface area contributed by atoms with Crippen molar-refractivity contribution < 1.29 is 23.9 Å². The van der Waals surface area contributed by atoms with Crippen LogP contribution in [-0.2, 0) is 14.4 Å². The number of amides is 3. The second-order valence-electron chi connectivity index (χ2n) is 6.52. The molecule has 3 amide bonds. The smallest absolute Gasteiger partial charge is 0.247 e. The van der Waals surface area contributed by atoms with Gasteiger partial charge in [0.1, 0.15) is 0 Å². The maximum Gasteiger partial charge on any atom is 0.247 e. The van der Waals surface area contributed by atoms with Crippen molar-refractivity contribution in [1.29, 1.82) is 0 Å². The molecule has 2 aliphatic rings. The van der Waals surface area contributed by atoms with Gasteiger partial charge in [-0.2, -0.15) is 0 Å². The fourth-order valence-electron chi connectivity index (χ4n) is 3.04. The van der Waals surface area contributed by atoms with E-state index in [1.807, 2.05) is 31.2 Å². The average molecular weight is 398 g/mol. The van der Waals surface area contributed by atoms with Crippen molar-refractivity contribution in [2.24, 2.45) is 0 Å². The second-order valence-corrected chi connectivity index (χ2v) is 7.71. The molecule has 0 aliphatic carbocycles. The molecule has 2 aliphatic heterocycles. The van der Waals surface area contributed by atoms with Crippen LogP contribution < -0.4 is 19.7 Å². The summed E-state index contributed by atoms with van der Waals surface area (Å²) in [5.41, 5.74) is 2.25. The van der Waals surface area contributed by atoms with E-state index in [0.29, 0.717) is 22.9 Å². The molecule has 2 aromatic carbocycles. The van der Waals surface area contributed by atoms with E-state index in [2.05, 4.69) is 5.32 Å². The maximum atomic E-state index is 12.7. The van der Waals surface area contributed by atoms with E-state index in [9.17, 15) is 14.4 Å². The molecule has 2 heterocycles. The summed E-state index contributed by atoms with van der Waals surface area (Å²) in [6.45, 7) is 2.09. The van der Waals surface area contributed by atoms with Gasteiger partial charge in [0.2, 0.25) is 24.5 Å². The quantitative estimate of drug-likeness (QED) is 0.780. The summed E-state index contributed by atoms with van der Waals surface area (Å²) in [6, 6.07) is 12.4. The fourth-order valence-corrected chi connectivity index (χ4v) is 3.97. The molecule has 144 valence electrons.